The third kappa shape index (κ3) is 3.16. The molecule has 2 fully saturated rings. The van der Waals surface area contributed by atoms with Crippen LogP contribution < -0.4 is 5.32 Å². The molecule has 0 saturated carbocycles. The number of nitrogens with one attached hydrogen (secondary N) is 1. The van der Waals surface area contributed by atoms with Gasteiger partial charge in [0.25, 0.3) is 5.91 Å². The van der Waals surface area contributed by atoms with Crippen LogP contribution in [0, 0.1) is 6.92 Å². The monoisotopic (exact) mass is 308 g/mol. The molecule has 3 atom stereocenters. The van der Waals surface area contributed by atoms with Gasteiger partial charge in [0.1, 0.15) is 0 Å². The maximum atomic E-state index is 12.4. The maximum absolute atomic E-state index is 12.4. The van der Waals surface area contributed by atoms with Crippen molar-refractivity contribution in [1.82, 2.24) is 20.0 Å². The highest BCUT2D eigenvalue weighted by Crippen LogP contribution is 2.24. The Labute approximate surface area is 130 Å². The van der Waals surface area contributed by atoms with Crippen LogP contribution in [-0.4, -0.2) is 70.2 Å². The van der Waals surface area contributed by atoms with E-state index in [1.165, 1.54) is 0 Å². The Hall–Kier alpha value is -1.44. The Morgan fingerprint density at radius 1 is 1.55 bits per heavy atom. The molecular formula is C15H24N4O3. The molecular weight excluding hydrogens is 284 g/mol. The Balaban J connectivity index is 1.57. The van der Waals surface area contributed by atoms with E-state index in [2.05, 4.69) is 15.3 Å². The Kier molecular flexibility index (Phi) is 4.46. The molecule has 1 aromatic rings. The number of fused-ring (bicyclic) bond motifs is 1. The lowest BCUT2D eigenvalue weighted by Gasteiger charge is -2.34. The van der Waals surface area contributed by atoms with Crippen molar-refractivity contribution in [2.45, 2.75) is 38.0 Å². The van der Waals surface area contributed by atoms with Gasteiger partial charge in [-0.3, -0.25) is 14.4 Å². The molecule has 3 heterocycles. The van der Waals surface area contributed by atoms with Crippen LogP contribution in [0.3, 0.4) is 0 Å². The fraction of sp³-hybridized carbons (Fsp3) is 0.733. The van der Waals surface area contributed by atoms with E-state index in [1.807, 2.05) is 14.0 Å². The van der Waals surface area contributed by atoms with Crippen LogP contribution in [-0.2, 0) is 11.8 Å². The third-order valence-corrected chi connectivity index (χ3v) is 4.53. The molecule has 7 heteroatoms. The summed E-state index contributed by atoms with van der Waals surface area (Å²) in [5.74, 6) is -0.0525. The fourth-order valence-electron chi connectivity index (χ4n) is 3.45. The van der Waals surface area contributed by atoms with Crippen LogP contribution in [0.2, 0.25) is 0 Å². The van der Waals surface area contributed by atoms with Gasteiger partial charge in [-0.1, -0.05) is 0 Å². The van der Waals surface area contributed by atoms with Crippen LogP contribution in [0.4, 0.5) is 0 Å². The second-order valence-electron chi connectivity index (χ2n) is 6.28. The molecule has 7 nitrogen and oxygen atoms in total. The van der Waals surface area contributed by atoms with Crippen molar-refractivity contribution in [1.29, 1.82) is 0 Å². The molecule has 22 heavy (non-hydrogen) atoms. The van der Waals surface area contributed by atoms with Crippen molar-refractivity contribution in [3.8, 4) is 0 Å². The average Bonchev–Trinajstić information content (AvgIpc) is 3.01. The van der Waals surface area contributed by atoms with Gasteiger partial charge in [-0.2, -0.15) is 5.10 Å². The van der Waals surface area contributed by atoms with Gasteiger partial charge < -0.3 is 15.2 Å². The van der Waals surface area contributed by atoms with Gasteiger partial charge in [0.15, 0.2) is 0 Å². The highest BCUT2D eigenvalue weighted by molar-refractivity contribution is 5.95. The summed E-state index contributed by atoms with van der Waals surface area (Å²) < 4.78 is 7.43. The summed E-state index contributed by atoms with van der Waals surface area (Å²) in [7, 11) is 1.82. The summed E-state index contributed by atoms with van der Waals surface area (Å²) >= 11 is 0. The molecule has 3 rings (SSSR count). The zero-order valence-corrected chi connectivity index (χ0v) is 13.2. The minimum absolute atomic E-state index is 0.0525. The van der Waals surface area contributed by atoms with E-state index in [9.17, 15) is 4.79 Å². The summed E-state index contributed by atoms with van der Waals surface area (Å²) in [5, 5.41) is 16.3. The number of carbonyl (C=O) groups is 1. The summed E-state index contributed by atoms with van der Waals surface area (Å²) in [4.78, 5) is 14.7. The van der Waals surface area contributed by atoms with E-state index < -0.39 is 0 Å². The zero-order chi connectivity index (χ0) is 15.7. The SMILES string of the molecule is Cc1nn(C)cc1C(=O)N[C@H]1C[C@H]2CO[C@@H](CCO)CN2C1. The topological polar surface area (TPSA) is 79.6 Å². The highest BCUT2D eigenvalue weighted by atomic mass is 16.5. The number of carbonyl (C=O) groups excluding carboxylic acids is 1. The van der Waals surface area contributed by atoms with Crippen molar-refractivity contribution in [3.05, 3.63) is 17.5 Å². The molecule has 0 spiro atoms. The Morgan fingerprint density at radius 3 is 3.05 bits per heavy atom. The molecule has 0 aromatic carbocycles. The number of aliphatic hydroxyl groups excluding tert-OH is 1. The summed E-state index contributed by atoms with van der Waals surface area (Å²) in [5.41, 5.74) is 1.39. The molecule has 0 radical (unpaired) electrons. The minimum Gasteiger partial charge on any atom is -0.396 e. The van der Waals surface area contributed by atoms with E-state index in [1.54, 1.807) is 10.9 Å². The quantitative estimate of drug-likeness (QED) is 0.797. The summed E-state index contributed by atoms with van der Waals surface area (Å²) in [6, 6.07) is 0.517. The second-order valence-corrected chi connectivity index (χ2v) is 6.28. The first-order chi connectivity index (χ1) is 10.6. The van der Waals surface area contributed by atoms with Crippen LogP contribution in [0.1, 0.15) is 28.9 Å². The van der Waals surface area contributed by atoms with Gasteiger partial charge in [0.05, 0.1) is 24.0 Å². The number of ether oxygens (including phenoxy) is 1. The predicted molar refractivity (Wildman–Crippen MR) is 80.6 cm³/mol. The number of amides is 1. The molecule has 2 aliphatic heterocycles. The number of aryl methyl sites for hydroxylation is 2. The highest BCUT2D eigenvalue weighted by Gasteiger charge is 2.37. The summed E-state index contributed by atoms with van der Waals surface area (Å²) in [6.07, 6.45) is 3.45. The maximum Gasteiger partial charge on any atom is 0.255 e. The molecule has 0 bridgehead atoms. The Bertz CT molecular complexity index is 545. The van der Waals surface area contributed by atoms with E-state index >= 15 is 0 Å². The van der Waals surface area contributed by atoms with E-state index in [0.29, 0.717) is 24.6 Å². The van der Waals surface area contributed by atoms with Crippen molar-refractivity contribution in [2.24, 2.45) is 7.05 Å². The third-order valence-electron chi connectivity index (χ3n) is 4.53. The standard InChI is InChI=1S/C15H24N4O3/c1-10-14(8-18(2)17-10)15(21)16-11-5-12-9-22-13(3-4-20)7-19(12)6-11/h8,11-13,20H,3-7,9H2,1-2H3,(H,16,21)/t11-,12-,13-/m0/s1. The smallest absolute Gasteiger partial charge is 0.255 e. The summed E-state index contributed by atoms with van der Waals surface area (Å²) in [6.45, 7) is 4.37. The molecule has 0 aliphatic carbocycles. The molecule has 1 aromatic heterocycles. The van der Waals surface area contributed by atoms with Crippen LogP contribution in [0.25, 0.3) is 0 Å². The molecule has 2 saturated heterocycles. The van der Waals surface area contributed by atoms with Crippen LogP contribution in [0.5, 0.6) is 0 Å². The predicted octanol–water partition coefficient (Wildman–Crippen LogP) is -0.318. The molecule has 2 aliphatic rings. The van der Waals surface area contributed by atoms with Crippen LogP contribution >= 0.6 is 0 Å². The number of nitrogens with zero attached hydrogens (tertiary/aromatic N) is 3. The lowest BCUT2D eigenvalue weighted by molar-refractivity contribution is -0.0566. The van der Waals surface area contributed by atoms with Crippen molar-refractivity contribution in [2.75, 3.05) is 26.3 Å². The normalized spacial score (nSPS) is 28.6. The zero-order valence-electron chi connectivity index (χ0n) is 13.2. The van der Waals surface area contributed by atoms with E-state index in [-0.39, 0.29) is 24.7 Å². The van der Waals surface area contributed by atoms with E-state index in [0.717, 1.165) is 25.2 Å². The van der Waals surface area contributed by atoms with Gasteiger partial charge in [-0.15, -0.1) is 0 Å². The van der Waals surface area contributed by atoms with Crippen molar-refractivity contribution in [3.63, 3.8) is 0 Å². The average molecular weight is 308 g/mol. The number of rotatable bonds is 4. The molecule has 122 valence electrons. The van der Waals surface area contributed by atoms with E-state index in [4.69, 9.17) is 9.84 Å². The lowest BCUT2D eigenvalue weighted by Crippen LogP contribution is -2.46. The molecule has 0 unspecified atom stereocenters. The van der Waals surface area contributed by atoms with Crippen molar-refractivity contribution < 1.29 is 14.6 Å². The number of morpholine rings is 1. The molecule has 2 N–H and O–H groups in total. The first kappa shape index (κ1) is 15.5. The van der Waals surface area contributed by atoms with Crippen LogP contribution in [0.15, 0.2) is 6.20 Å². The largest absolute Gasteiger partial charge is 0.396 e. The Morgan fingerprint density at radius 2 is 2.36 bits per heavy atom. The second kappa shape index (κ2) is 6.36. The minimum atomic E-state index is -0.0525. The number of hydrogen-bond donors (Lipinski definition) is 2. The number of aliphatic hydroxyl groups is 1. The molecule has 1 amide bonds. The first-order valence-corrected chi connectivity index (χ1v) is 7.84. The van der Waals surface area contributed by atoms with Gasteiger partial charge >= 0.3 is 0 Å². The first-order valence-electron chi connectivity index (χ1n) is 7.84. The van der Waals surface area contributed by atoms with Gasteiger partial charge in [0.2, 0.25) is 0 Å². The van der Waals surface area contributed by atoms with Gasteiger partial charge in [-0.05, 0) is 19.8 Å². The lowest BCUT2D eigenvalue weighted by atomic mass is 10.1. The van der Waals surface area contributed by atoms with Gasteiger partial charge in [0, 0.05) is 45.0 Å². The number of hydrogen-bond acceptors (Lipinski definition) is 5. The number of aromatic nitrogens is 2. The fourth-order valence-corrected chi connectivity index (χ4v) is 3.45. The van der Waals surface area contributed by atoms with Crippen molar-refractivity contribution >= 4 is 5.91 Å². The van der Waals surface area contributed by atoms with Gasteiger partial charge in [-0.25, -0.2) is 0 Å².